The van der Waals surface area contributed by atoms with E-state index in [2.05, 4.69) is 33.6 Å². The first-order valence-corrected chi connectivity index (χ1v) is 5.77. The second kappa shape index (κ2) is 4.14. The summed E-state index contributed by atoms with van der Waals surface area (Å²) in [6, 6.07) is 10.2. The van der Waals surface area contributed by atoms with Crippen LogP contribution in [0.15, 0.2) is 36.5 Å². The van der Waals surface area contributed by atoms with Crippen molar-refractivity contribution in [2.45, 2.75) is 18.8 Å². The summed E-state index contributed by atoms with van der Waals surface area (Å²) in [4.78, 5) is 8.61. The minimum absolute atomic E-state index is 0.631. The molecule has 1 aliphatic carbocycles. The maximum atomic E-state index is 5.34. The van der Waals surface area contributed by atoms with Gasteiger partial charge in [0.15, 0.2) is 5.82 Å². The Morgan fingerprint density at radius 2 is 2.12 bits per heavy atom. The highest BCUT2D eigenvalue weighted by molar-refractivity contribution is 5.58. The Hall–Kier alpha value is -1.94. The smallest absolute Gasteiger partial charge is 0.161 e. The maximum Gasteiger partial charge on any atom is 0.161 e. The zero-order chi connectivity index (χ0) is 11.7. The van der Waals surface area contributed by atoms with E-state index in [4.69, 9.17) is 5.84 Å². The first-order valence-electron chi connectivity index (χ1n) is 5.77. The quantitative estimate of drug-likeness (QED) is 0.622. The number of nitrogens with zero attached hydrogens (tertiary/aromatic N) is 2. The van der Waals surface area contributed by atoms with Crippen LogP contribution in [0.5, 0.6) is 0 Å². The van der Waals surface area contributed by atoms with Crippen LogP contribution in [0.2, 0.25) is 0 Å². The van der Waals surface area contributed by atoms with Gasteiger partial charge in [-0.2, -0.15) is 0 Å². The Morgan fingerprint density at radius 3 is 2.88 bits per heavy atom. The Kier molecular flexibility index (Phi) is 2.49. The van der Waals surface area contributed by atoms with Crippen LogP contribution in [0.3, 0.4) is 0 Å². The summed E-state index contributed by atoms with van der Waals surface area (Å²) >= 11 is 0. The fourth-order valence-corrected chi connectivity index (χ4v) is 1.93. The molecule has 2 aromatic rings. The van der Waals surface area contributed by atoms with Crippen molar-refractivity contribution in [3.63, 3.8) is 0 Å². The van der Waals surface area contributed by atoms with Gasteiger partial charge in [0.2, 0.25) is 0 Å². The van der Waals surface area contributed by atoms with Gasteiger partial charge in [-0.1, -0.05) is 18.2 Å². The molecule has 1 aromatic carbocycles. The highest BCUT2D eigenvalue weighted by Crippen LogP contribution is 2.40. The van der Waals surface area contributed by atoms with Crippen molar-refractivity contribution in [1.29, 1.82) is 0 Å². The molecule has 4 nitrogen and oxygen atoms in total. The van der Waals surface area contributed by atoms with Gasteiger partial charge in [0, 0.05) is 17.8 Å². The topological polar surface area (TPSA) is 63.8 Å². The van der Waals surface area contributed by atoms with Gasteiger partial charge < -0.3 is 5.43 Å². The normalized spacial score (nSPS) is 14.6. The van der Waals surface area contributed by atoms with Gasteiger partial charge in [-0.3, -0.25) is 0 Å². The molecule has 0 aliphatic heterocycles. The molecule has 1 saturated carbocycles. The number of benzene rings is 1. The SMILES string of the molecule is NNc1ccnc(-c2cccc(C3CC3)c2)n1. The lowest BCUT2D eigenvalue weighted by molar-refractivity contribution is 1.11. The van der Waals surface area contributed by atoms with Crippen LogP contribution in [-0.4, -0.2) is 9.97 Å². The van der Waals surface area contributed by atoms with E-state index in [0.29, 0.717) is 11.6 Å². The predicted molar refractivity (Wildman–Crippen MR) is 67.3 cm³/mol. The van der Waals surface area contributed by atoms with E-state index in [-0.39, 0.29) is 0 Å². The summed E-state index contributed by atoms with van der Waals surface area (Å²) in [6.07, 6.45) is 4.31. The van der Waals surface area contributed by atoms with Gasteiger partial charge in [0.1, 0.15) is 5.82 Å². The summed E-state index contributed by atoms with van der Waals surface area (Å²) in [6.45, 7) is 0. The van der Waals surface area contributed by atoms with Gasteiger partial charge in [-0.15, -0.1) is 0 Å². The summed E-state index contributed by atoms with van der Waals surface area (Å²) in [5.41, 5.74) is 4.97. The molecule has 1 fully saturated rings. The van der Waals surface area contributed by atoms with Crippen molar-refractivity contribution in [3.8, 4) is 11.4 Å². The van der Waals surface area contributed by atoms with Crippen molar-refractivity contribution >= 4 is 5.82 Å². The third-order valence-electron chi connectivity index (χ3n) is 3.00. The molecule has 0 unspecified atom stereocenters. The van der Waals surface area contributed by atoms with Crippen LogP contribution in [0, 0.1) is 0 Å². The molecule has 0 saturated heterocycles. The predicted octanol–water partition coefficient (Wildman–Crippen LogP) is 2.31. The minimum Gasteiger partial charge on any atom is -0.308 e. The zero-order valence-corrected chi connectivity index (χ0v) is 9.43. The third-order valence-corrected chi connectivity index (χ3v) is 3.00. The third kappa shape index (κ3) is 2.12. The number of nitrogens with one attached hydrogen (secondary N) is 1. The molecular formula is C13H14N4. The molecule has 1 aromatic heterocycles. The van der Waals surface area contributed by atoms with E-state index in [1.54, 1.807) is 12.3 Å². The van der Waals surface area contributed by atoms with Crippen LogP contribution >= 0.6 is 0 Å². The Balaban J connectivity index is 1.98. The number of nitrogen functional groups attached to an aromatic ring is 1. The molecule has 0 spiro atoms. The Labute approximate surface area is 99.9 Å². The maximum absolute atomic E-state index is 5.34. The Morgan fingerprint density at radius 1 is 1.24 bits per heavy atom. The van der Waals surface area contributed by atoms with E-state index in [0.717, 1.165) is 11.5 Å². The number of aromatic nitrogens is 2. The van der Waals surface area contributed by atoms with Crippen LogP contribution in [0.4, 0.5) is 5.82 Å². The molecule has 3 rings (SSSR count). The van der Waals surface area contributed by atoms with Crippen LogP contribution < -0.4 is 11.3 Å². The van der Waals surface area contributed by atoms with Crippen LogP contribution in [0.25, 0.3) is 11.4 Å². The lowest BCUT2D eigenvalue weighted by Gasteiger charge is -2.05. The zero-order valence-electron chi connectivity index (χ0n) is 9.43. The first kappa shape index (κ1) is 10.2. The molecule has 0 bridgehead atoms. The molecule has 17 heavy (non-hydrogen) atoms. The summed E-state index contributed by atoms with van der Waals surface area (Å²) < 4.78 is 0. The largest absolute Gasteiger partial charge is 0.308 e. The number of hydrogen-bond acceptors (Lipinski definition) is 4. The molecular weight excluding hydrogens is 212 g/mol. The Bertz CT molecular complexity index is 534. The average Bonchev–Trinajstić information content (AvgIpc) is 3.23. The highest BCUT2D eigenvalue weighted by Gasteiger charge is 2.23. The van der Waals surface area contributed by atoms with E-state index in [1.165, 1.54) is 18.4 Å². The number of nitrogens with two attached hydrogens (primary N) is 1. The van der Waals surface area contributed by atoms with Crippen LogP contribution in [0.1, 0.15) is 24.3 Å². The van der Waals surface area contributed by atoms with E-state index < -0.39 is 0 Å². The monoisotopic (exact) mass is 226 g/mol. The van der Waals surface area contributed by atoms with Crippen LogP contribution in [-0.2, 0) is 0 Å². The van der Waals surface area contributed by atoms with Crippen molar-refractivity contribution in [3.05, 3.63) is 42.1 Å². The number of anilines is 1. The van der Waals surface area contributed by atoms with E-state index in [1.807, 2.05) is 6.07 Å². The molecule has 0 atom stereocenters. The molecule has 86 valence electrons. The average molecular weight is 226 g/mol. The molecule has 1 aliphatic rings. The molecule has 0 amide bonds. The first-order chi connectivity index (χ1) is 8.36. The van der Waals surface area contributed by atoms with Crippen molar-refractivity contribution in [2.75, 3.05) is 5.43 Å². The highest BCUT2D eigenvalue weighted by atomic mass is 15.3. The molecule has 4 heteroatoms. The number of hydrazine groups is 1. The lowest BCUT2D eigenvalue weighted by Crippen LogP contribution is -2.09. The van der Waals surface area contributed by atoms with Crippen molar-refractivity contribution in [1.82, 2.24) is 9.97 Å². The van der Waals surface area contributed by atoms with Crippen molar-refractivity contribution in [2.24, 2.45) is 5.84 Å². The molecule has 0 radical (unpaired) electrons. The second-order valence-electron chi connectivity index (χ2n) is 4.31. The molecule has 1 heterocycles. The van der Waals surface area contributed by atoms with Crippen molar-refractivity contribution < 1.29 is 0 Å². The number of rotatable bonds is 3. The van der Waals surface area contributed by atoms with E-state index in [9.17, 15) is 0 Å². The van der Waals surface area contributed by atoms with E-state index >= 15 is 0 Å². The fourth-order valence-electron chi connectivity index (χ4n) is 1.93. The van der Waals surface area contributed by atoms with Gasteiger partial charge >= 0.3 is 0 Å². The summed E-state index contributed by atoms with van der Waals surface area (Å²) in [5.74, 6) is 7.43. The van der Waals surface area contributed by atoms with Gasteiger partial charge in [-0.05, 0) is 30.4 Å². The minimum atomic E-state index is 0.631. The standard InChI is InChI=1S/C13H14N4/c14-17-12-6-7-15-13(16-12)11-3-1-2-10(8-11)9-4-5-9/h1-3,6-9H,4-5,14H2,(H,15,16,17). The lowest BCUT2D eigenvalue weighted by atomic mass is 10.1. The van der Waals surface area contributed by atoms with Gasteiger partial charge in [-0.25, -0.2) is 15.8 Å². The summed E-state index contributed by atoms with van der Waals surface area (Å²) in [5, 5.41) is 0. The summed E-state index contributed by atoms with van der Waals surface area (Å²) in [7, 11) is 0. The van der Waals surface area contributed by atoms with Gasteiger partial charge in [0.25, 0.3) is 0 Å². The number of hydrogen-bond donors (Lipinski definition) is 2. The van der Waals surface area contributed by atoms with Gasteiger partial charge in [0.05, 0.1) is 0 Å². The second-order valence-corrected chi connectivity index (χ2v) is 4.31. The molecule has 3 N–H and O–H groups in total. The fraction of sp³-hybridized carbons (Fsp3) is 0.231.